The molecule has 1 unspecified atom stereocenters. The highest BCUT2D eigenvalue weighted by Gasteiger charge is 2.52. The Labute approximate surface area is 119 Å². The molecule has 1 heteroatoms. The lowest BCUT2D eigenvalue weighted by Crippen LogP contribution is -2.39. The van der Waals surface area contributed by atoms with Crippen LogP contribution >= 0.6 is 0 Å². The number of fused-ring (bicyclic) bond motifs is 1. The van der Waals surface area contributed by atoms with Gasteiger partial charge in [0.05, 0.1) is 0 Å². The monoisotopic (exact) mass is 264 g/mol. The molecule has 0 spiro atoms. The number of Topliss-reactive ketones (excluding diaryl/α,β-unsaturated/α-hetero) is 1. The van der Waals surface area contributed by atoms with Gasteiger partial charge in [0.15, 0.2) is 0 Å². The summed E-state index contributed by atoms with van der Waals surface area (Å²) < 4.78 is 0. The van der Waals surface area contributed by atoms with Gasteiger partial charge < -0.3 is 0 Å². The van der Waals surface area contributed by atoms with Gasteiger partial charge in [0, 0.05) is 12.3 Å². The Morgan fingerprint density at radius 2 is 1.95 bits per heavy atom. The van der Waals surface area contributed by atoms with Gasteiger partial charge in [-0.05, 0) is 48.9 Å². The summed E-state index contributed by atoms with van der Waals surface area (Å²) in [6.07, 6.45) is 9.85. The molecular formula is C18H32O. The lowest BCUT2D eigenvalue weighted by Gasteiger charge is -2.42. The van der Waals surface area contributed by atoms with Crippen molar-refractivity contribution in [1.29, 1.82) is 0 Å². The summed E-state index contributed by atoms with van der Waals surface area (Å²) in [4.78, 5) is 12.2. The third-order valence-corrected chi connectivity index (χ3v) is 6.06. The van der Waals surface area contributed by atoms with Crippen molar-refractivity contribution < 1.29 is 4.79 Å². The molecule has 0 saturated heterocycles. The highest BCUT2D eigenvalue weighted by atomic mass is 16.1. The number of hydrogen-bond acceptors (Lipinski definition) is 1. The van der Waals surface area contributed by atoms with Gasteiger partial charge in [0.1, 0.15) is 5.78 Å². The largest absolute Gasteiger partial charge is 0.299 e. The van der Waals surface area contributed by atoms with Crippen molar-refractivity contribution in [3.8, 4) is 0 Å². The number of rotatable bonds is 5. The predicted octanol–water partition coefficient (Wildman–Crippen LogP) is 5.23. The van der Waals surface area contributed by atoms with E-state index >= 15 is 0 Å². The Kier molecular flexibility index (Phi) is 4.74. The molecule has 2 fully saturated rings. The fourth-order valence-electron chi connectivity index (χ4n) is 4.95. The summed E-state index contributed by atoms with van der Waals surface area (Å²) in [6.45, 7) is 9.50. The summed E-state index contributed by atoms with van der Waals surface area (Å²) >= 11 is 0. The van der Waals surface area contributed by atoms with E-state index in [9.17, 15) is 4.79 Å². The van der Waals surface area contributed by atoms with Crippen LogP contribution in [0.2, 0.25) is 0 Å². The number of ketones is 1. The Morgan fingerprint density at radius 1 is 1.21 bits per heavy atom. The first-order chi connectivity index (χ1) is 8.95. The topological polar surface area (TPSA) is 17.1 Å². The summed E-state index contributed by atoms with van der Waals surface area (Å²) in [7, 11) is 0. The van der Waals surface area contributed by atoms with Crippen molar-refractivity contribution in [2.75, 3.05) is 0 Å². The van der Waals surface area contributed by atoms with Crippen LogP contribution in [0.1, 0.15) is 79.1 Å². The maximum Gasteiger partial charge on any atom is 0.136 e. The van der Waals surface area contributed by atoms with Gasteiger partial charge in [0.25, 0.3) is 0 Å². The van der Waals surface area contributed by atoms with Gasteiger partial charge in [-0.2, -0.15) is 0 Å². The Morgan fingerprint density at radius 3 is 2.63 bits per heavy atom. The molecule has 4 atom stereocenters. The van der Waals surface area contributed by atoms with Crippen molar-refractivity contribution >= 4 is 5.78 Å². The molecule has 0 aromatic rings. The van der Waals surface area contributed by atoms with Gasteiger partial charge >= 0.3 is 0 Å². The van der Waals surface area contributed by atoms with E-state index in [4.69, 9.17) is 0 Å². The van der Waals surface area contributed by atoms with Crippen molar-refractivity contribution in [2.24, 2.45) is 29.1 Å². The minimum Gasteiger partial charge on any atom is -0.299 e. The molecule has 0 aromatic carbocycles. The standard InChI is InChI=1S/C18H32O/c1-13(2)7-5-8-14(3)15-10-11-16-17(19)9-6-12-18(15,16)4/h13-16H,5-12H2,1-4H3/t14-,15-,16?,18-/m1/s1. The van der Waals surface area contributed by atoms with E-state index < -0.39 is 0 Å². The molecule has 0 aliphatic heterocycles. The Bertz CT molecular complexity index is 320. The summed E-state index contributed by atoms with van der Waals surface area (Å²) in [5.41, 5.74) is 0.340. The molecular weight excluding hydrogens is 232 g/mol. The minimum absolute atomic E-state index is 0.340. The zero-order valence-electron chi connectivity index (χ0n) is 13.4. The first-order valence-electron chi connectivity index (χ1n) is 8.48. The van der Waals surface area contributed by atoms with Crippen molar-refractivity contribution in [1.82, 2.24) is 0 Å². The normalized spacial score (nSPS) is 36.6. The average molecular weight is 264 g/mol. The van der Waals surface area contributed by atoms with Crippen LogP contribution in [-0.2, 0) is 4.79 Å². The minimum atomic E-state index is 0.340. The van der Waals surface area contributed by atoms with E-state index in [1.165, 1.54) is 38.5 Å². The Hall–Kier alpha value is -0.330. The molecule has 1 nitrogen and oxygen atoms in total. The van der Waals surface area contributed by atoms with Crippen LogP contribution in [0.15, 0.2) is 0 Å². The van der Waals surface area contributed by atoms with E-state index in [1.54, 1.807) is 0 Å². The first-order valence-corrected chi connectivity index (χ1v) is 8.48. The van der Waals surface area contributed by atoms with Gasteiger partial charge in [-0.15, -0.1) is 0 Å². The summed E-state index contributed by atoms with van der Waals surface area (Å²) in [5, 5.41) is 0. The van der Waals surface area contributed by atoms with E-state index in [-0.39, 0.29) is 0 Å². The van der Waals surface area contributed by atoms with Crippen LogP contribution in [0.25, 0.3) is 0 Å². The molecule has 0 heterocycles. The molecule has 0 aromatic heterocycles. The SMILES string of the molecule is CC(C)CCC[C@@H](C)[C@H]1CCC2C(=O)CCC[C@@]21C. The lowest BCUT2D eigenvalue weighted by atomic mass is 9.62. The second-order valence-corrected chi connectivity index (χ2v) is 7.86. The van der Waals surface area contributed by atoms with Crippen LogP contribution < -0.4 is 0 Å². The molecule has 110 valence electrons. The fourth-order valence-corrected chi connectivity index (χ4v) is 4.95. The summed E-state index contributed by atoms with van der Waals surface area (Å²) in [6, 6.07) is 0. The van der Waals surface area contributed by atoms with E-state index in [2.05, 4.69) is 27.7 Å². The molecule has 0 bridgehead atoms. The second kappa shape index (κ2) is 5.97. The second-order valence-electron chi connectivity index (χ2n) is 7.86. The van der Waals surface area contributed by atoms with Gasteiger partial charge in [-0.3, -0.25) is 4.79 Å². The molecule has 2 saturated carbocycles. The highest BCUT2D eigenvalue weighted by molar-refractivity contribution is 5.83. The van der Waals surface area contributed by atoms with Crippen LogP contribution in [0, 0.1) is 29.1 Å². The van der Waals surface area contributed by atoms with Crippen molar-refractivity contribution in [2.45, 2.75) is 79.1 Å². The maximum atomic E-state index is 12.2. The average Bonchev–Trinajstić information content (AvgIpc) is 2.67. The van der Waals surface area contributed by atoms with Gasteiger partial charge in [-0.1, -0.05) is 47.0 Å². The zero-order chi connectivity index (χ0) is 14.0. The summed E-state index contributed by atoms with van der Waals surface area (Å²) in [5.74, 6) is 3.41. The highest BCUT2D eigenvalue weighted by Crippen LogP contribution is 2.57. The molecule has 2 rings (SSSR count). The molecule has 2 aliphatic rings. The third kappa shape index (κ3) is 3.06. The molecule has 0 radical (unpaired) electrons. The lowest BCUT2D eigenvalue weighted by molar-refractivity contribution is -0.130. The Balaban J connectivity index is 1.95. The number of hydrogen-bond donors (Lipinski definition) is 0. The molecule has 2 aliphatic carbocycles. The number of carbonyl (C=O) groups is 1. The molecule has 0 N–H and O–H groups in total. The van der Waals surface area contributed by atoms with E-state index in [1.807, 2.05) is 0 Å². The van der Waals surface area contributed by atoms with Gasteiger partial charge in [-0.25, -0.2) is 0 Å². The van der Waals surface area contributed by atoms with Crippen LogP contribution in [0.5, 0.6) is 0 Å². The van der Waals surface area contributed by atoms with Gasteiger partial charge in [0.2, 0.25) is 0 Å². The van der Waals surface area contributed by atoms with Crippen molar-refractivity contribution in [3.63, 3.8) is 0 Å². The van der Waals surface area contributed by atoms with E-state index in [0.717, 1.165) is 30.6 Å². The quantitative estimate of drug-likeness (QED) is 0.664. The van der Waals surface area contributed by atoms with Crippen molar-refractivity contribution in [3.05, 3.63) is 0 Å². The van der Waals surface area contributed by atoms with Crippen LogP contribution in [0.3, 0.4) is 0 Å². The molecule has 0 amide bonds. The molecule has 19 heavy (non-hydrogen) atoms. The van der Waals surface area contributed by atoms with E-state index in [0.29, 0.717) is 17.1 Å². The predicted molar refractivity (Wildman–Crippen MR) is 81.0 cm³/mol. The maximum absolute atomic E-state index is 12.2. The van der Waals surface area contributed by atoms with Crippen LogP contribution in [-0.4, -0.2) is 5.78 Å². The third-order valence-electron chi connectivity index (χ3n) is 6.06. The van der Waals surface area contributed by atoms with Crippen LogP contribution in [0.4, 0.5) is 0 Å². The fraction of sp³-hybridized carbons (Fsp3) is 0.944. The zero-order valence-corrected chi connectivity index (χ0v) is 13.4. The first kappa shape index (κ1) is 15.1. The number of carbonyl (C=O) groups excluding carboxylic acids is 1. The smallest absolute Gasteiger partial charge is 0.136 e.